The van der Waals surface area contributed by atoms with Gasteiger partial charge in [0.05, 0.1) is 12.2 Å². The molecule has 0 aromatic carbocycles. The zero-order chi connectivity index (χ0) is 41.3. The van der Waals surface area contributed by atoms with E-state index in [1.807, 2.05) is 0 Å². The lowest BCUT2D eigenvalue weighted by Gasteiger charge is -2.55. The van der Waals surface area contributed by atoms with E-state index in [-0.39, 0.29) is 12.2 Å². The minimum absolute atomic E-state index is 0.116. The summed E-state index contributed by atoms with van der Waals surface area (Å²) in [5.41, 5.74) is 8.79. The number of rotatable bonds is 10. The van der Waals surface area contributed by atoms with Crippen LogP contribution in [0.2, 0.25) is 0 Å². The summed E-state index contributed by atoms with van der Waals surface area (Å²) in [5.74, 6) is 7.75. The van der Waals surface area contributed by atoms with E-state index >= 15 is 0 Å². The van der Waals surface area contributed by atoms with Gasteiger partial charge in [-0.05, 0) is 177 Å². The molecule has 0 unspecified atom stereocenters. The molecule has 0 aromatic heterocycles. The molecule has 0 aliphatic heterocycles. The highest BCUT2D eigenvalue weighted by Gasteiger charge is 2.57. The molecule has 6 saturated carbocycles. The Kier molecular flexibility index (Phi) is 14.6. The van der Waals surface area contributed by atoms with Gasteiger partial charge in [-0.3, -0.25) is 0 Å². The number of aliphatic hydroxyl groups excluding tert-OH is 2. The van der Waals surface area contributed by atoms with Crippen LogP contribution in [-0.2, 0) is 0 Å². The highest BCUT2D eigenvalue weighted by molar-refractivity contribution is 5.39. The largest absolute Gasteiger partial charge is 0.393 e. The second-order valence-electron chi connectivity index (χ2n) is 22.7. The van der Waals surface area contributed by atoms with Crippen LogP contribution in [0.25, 0.3) is 0 Å². The fraction of sp³-hybridized carbons (Fsp3) is 0.782. The van der Waals surface area contributed by atoms with E-state index < -0.39 is 0 Å². The molecule has 7 rings (SSSR count). The van der Waals surface area contributed by atoms with Crippen LogP contribution in [0.5, 0.6) is 0 Å². The number of aliphatic hydroxyl groups is 2. The minimum atomic E-state index is -0.172. The molecule has 0 radical (unpaired) electrons. The highest BCUT2D eigenvalue weighted by atomic mass is 16.3. The Morgan fingerprint density at radius 1 is 0.702 bits per heavy atom. The maximum absolute atomic E-state index is 10.2. The summed E-state index contributed by atoms with van der Waals surface area (Å²) in [4.78, 5) is 0. The van der Waals surface area contributed by atoms with Crippen LogP contribution in [0.15, 0.2) is 70.9 Å². The van der Waals surface area contributed by atoms with Crippen molar-refractivity contribution >= 4 is 0 Å². The predicted octanol–water partition coefficient (Wildman–Crippen LogP) is 14.9. The standard InChI is InChI=1S/C28H44O.C27H44O/c1-18(2)19(3)7-8-20(4)24-11-12-25-23-10-9-21-17-22(29)13-15-27(21,5)26(23)14-16-28(24,25)6;1-19(2)8-6-9-21(4)25-15-16-26-22(10-7-17-27(25,26)5)12-13-23-18-24(28)14-11-20(23)3/h7-10,18-20,22,24-26,29H,11-17H2,1-6H3;12-13,19,21,24-26,28H,3,6-11,14-18H2,1-2,4-5H3/b8-7+;22-12+,23-13-/t19-,20+,22-,24+,25-,26+,27+,28+;21-,24+,25-,26+,27-/m01/s1. The molecule has 2 N–H and O–H groups in total. The first kappa shape index (κ1) is 44.9. The lowest BCUT2D eigenvalue weighted by Crippen LogP contribution is -2.46. The third-order valence-electron chi connectivity index (χ3n) is 18.4. The van der Waals surface area contributed by atoms with Gasteiger partial charge in [0.25, 0.3) is 0 Å². The van der Waals surface area contributed by atoms with E-state index in [0.717, 1.165) is 79.4 Å². The summed E-state index contributed by atoms with van der Waals surface area (Å²) in [6, 6.07) is 0. The first-order chi connectivity index (χ1) is 27.0. The molecule has 320 valence electrons. The smallest absolute Gasteiger partial charge is 0.0583 e. The Morgan fingerprint density at radius 3 is 2.14 bits per heavy atom. The molecular weight excluding hydrogens is 693 g/mol. The summed E-state index contributed by atoms with van der Waals surface area (Å²) in [5, 5.41) is 20.2. The van der Waals surface area contributed by atoms with Gasteiger partial charge >= 0.3 is 0 Å². The minimum Gasteiger partial charge on any atom is -0.393 e. The summed E-state index contributed by atoms with van der Waals surface area (Å²) in [6.45, 7) is 28.7. The van der Waals surface area contributed by atoms with Crippen molar-refractivity contribution in [3.63, 3.8) is 0 Å². The van der Waals surface area contributed by atoms with Crippen LogP contribution >= 0.6 is 0 Å². The topological polar surface area (TPSA) is 40.5 Å². The van der Waals surface area contributed by atoms with E-state index in [9.17, 15) is 10.2 Å². The van der Waals surface area contributed by atoms with Crippen molar-refractivity contribution in [3.8, 4) is 0 Å². The summed E-state index contributed by atoms with van der Waals surface area (Å²) < 4.78 is 0. The molecule has 0 saturated heterocycles. The van der Waals surface area contributed by atoms with Crippen molar-refractivity contribution in [2.45, 2.75) is 197 Å². The van der Waals surface area contributed by atoms with Gasteiger partial charge in [-0.25, -0.2) is 0 Å². The quantitative estimate of drug-likeness (QED) is 0.217. The molecule has 0 aromatic rings. The second-order valence-corrected chi connectivity index (χ2v) is 22.7. The molecule has 7 aliphatic carbocycles. The van der Waals surface area contributed by atoms with Crippen molar-refractivity contribution in [1.29, 1.82) is 0 Å². The normalized spacial score (nSPS) is 40.9. The average Bonchev–Trinajstić information content (AvgIpc) is 3.71. The van der Waals surface area contributed by atoms with Gasteiger partial charge in [-0.1, -0.05) is 154 Å². The SMILES string of the molecule is C=C1CC[C@H](O)C/C1=C/C=C1\CCC[C@]2(C)[C@@H]([C@H](C)CCCC(C)C)CC[C@@H]12.CC(C)[C@@H](C)/C=C/[C@@H](C)[C@H]1CC[C@H]2C3=CC=C4C[C@@H](O)CC[C@@]4(C)[C@@H]3CC[C@]12C. The number of hydrogen-bond donors (Lipinski definition) is 2. The lowest BCUT2D eigenvalue weighted by atomic mass is 9.50. The van der Waals surface area contributed by atoms with Gasteiger partial charge in [0.2, 0.25) is 0 Å². The van der Waals surface area contributed by atoms with Gasteiger partial charge < -0.3 is 10.2 Å². The molecule has 7 aliphatic rings. The average molecular weight is 781 g/mol. The Bertz CT molecular complexity index is 1550. The number of allylic oxidation sites excluding steroid dienone is 9. The van der Waals surface area contributed by atoms with E-state index in [0.29, 0.717) is 28.1 Å². The Hall–Kier alpha value is -1.64. The molecular formula is C55H88O2. The van der Waals surface area contributed by atoms with Crippen LogP contribution in [0.4, 0.5) is 0 Å². The fourth-order valence-corrected chi connectivity index (χ4v) is 14.3. The molecule has 0 bridgehead atoms. The van der Waals surface area contributed by atoms with Crippen LogP contribution in [0, 0.1) is 75.4 Å². The predicted molar refractivity (Wildman–Crippen MR) is 245 cm³/mol. The number of hydrogen-bond acceptors (Lipinski definition) is 2. The van der Waals surface area contributed by atoms with E-state index in [1.165, 1.54) is 100 Å². The maximum Gasteiger partial charge on any atom is 0.0583 e. The van der Waals surface area contributed by atoms with Crippen molar-refractivity contribution < 1.29 is 10.2 Å². The van der Waals surface area contributed by atoms with Gasteiger partial charge in [0.15, 0.2) is 0 Å². The first-order valence-electron chi connectivity index (χ1n) is 24.5. The van der Waals surface area contributed by atoms with Crippen molar-refractivity contribution in [2.75, 3.05) is 0 Å². The monoisotopic (exact) mass is 781 g/mol. The summed E-state index contributed by atoms with van der Waals surface area (Å²) in [7, 11) is 0. The van der Waals surface area contributed by atoms with Crippen molar-refractivity contribution in [3.05, 3.63) is 70.9 Å². The van der Waals surface area contributed by atoms with Crippen LogP contribution in [-0.4, -0.2) is 22.4 Å². The zero-order valence-electron chi connectivity index (χ0n) is 38.7. The van der Waals surface area contributed by atoms with Gasteiger partial charge in [0, 0.05) is 0 Å². The van der Waals surface area contributed by atoms with Crippen LogP contribution < -0.4 is 0 Å². The molecule has 0 spiro atoms. The fourth-order valence-electron chi connectivity index (χ4n) is 14.3. The first-order valence-corrected chi connectivity index (χ1v) is 24.5. The molecule has 2 nitrogen and oxygen atoms in total. The van der Waals surface area contributed by atoms with Crippen molar-refractivity contribution in [1.82, 2.24) is 0 Å². The third kappa shape index (κ3) is 9.48. The summed E-state index contributed by atoms with van der Waals surface area (Å²) >= 11 is 0. The van der Waals surface area contributed by atoms with Crippen molar-refractivity contribution in [2.24, 2.45) is 75.4 Å². The maximum atomic E-state index is 10.2. The van der Waals surface area contributed by atoms with Gasteiger partial charge in [0.1, 0.15) is 0 Å². The molecule has 0 heterocycles. The molecule has 6 fully saturated rings. The summed E-state index contributed by atoms with van der Waals surface area (Å²) in [6.07, 6.45) is 36.6. The number of fused-ring (bicyclic) bond motifs is 6. The van der Waals surface area contributed by atoms with E-state index in [4.69, 9.17) is 0 Å². The highest BCUT2D eigenvalue weighted by Crippen LogP contribution is 2.66. The third-order valence-corrected chi connectivity index (χ3v) is 18.4. The molecule has 0 amide bonds. The molecule has 2 heteroatoms. The zero-order valence-corrected chi connectivity index (χ0v) is 38.7. The second kappa shape index (κ2) is 18.5. The Balaban J connectivity index is 0.000000193. The Labute approximate surface area is 352 Å². The van der Waals surface area contributed by atoms with Crippen LogP contribution in [0.3, 0.4) is 0 Å². The lowest BCUT2D eigenvalue weighted by molar-refractivity contribution is 0.0382. The van der Waals surface area contributed by atoms with E-state index in [1.54, 1.807) is 11.1 Å². The van der Waals surface area contributed by atoms with Crippen LogP contribution in [0.1, 0.15) is 185 Å². The van der Waals surface area contributed by atoms with E-state index in [2.05, 4.69) is 112 Å². The molecule has 57 heavy (non-hydrogen) atoms. The molecule has 13 atom stereocenters. The van der Waals surface area contributed by atoms with Gasteiger partial charge in [-0.15, -0.1) is 0 Å². The Morgan fingerprint density at radius 2 is 1.40 bits per heavy atom. The van der Waals surface area contributed by atoms with Gasteiger partial charge in [-0.2, -0.15) is 0 Å².